The molecule has 2 aromatic rings. The number of ether oxygens (including phenoxy) is 2. The molecular formula is C15H19BF4N2O2S. The fourth-order valence-corrected chi connectivity index (χ4v) is 2.77. The van der Waals surface area contributed by atoms with Gasteiger partial charge in [-0.3, -0.25) is 0 Å². The lowest BCUT2D eigenvalue weighted by atomic mass is 10.1. The smallest absolute Gasteiger partial charge is 0.497 e. The highest BCUT2D eigenvalue weighted by Crippen LogP contribution is 2.26. The Kier molecular flexibility index (Phi) is 7.88. The second-order valence-corrected chi connectivity index (χ2v) is 5.92. The summed E-state index contributed by atoms with van der Waals surface area (Å²) in [4.78, 5) is 0. The number of hydrogen-bond acceptors (Lipinski definition) is 4. The van der Waals surface area contributed by atoms with Crippen molar-refractivity contribution in [1.29, 1.82) is 0 Å². The molecule has 0 aliphatic heterocycles. The molecule has 1 aromatic heterocycles. The molecule has 0 atom stereocenters. The second kappa shape index (κ2) is 9.40. The molecular weight excluding hydrogens is 359 g/mol. The number of aromatic nitrogens is 2. The third kappa shape index (κ3) is 7.55. The van der Waals surface area contributed by atoms with Crippen molar-refractivity contribution in [2.45, 2.75) is 20.4 Å². The molecule has 0 radical (unpaired) electrons. The molecule has 10 heteroatoms. The van der Waals surface area contributed by atoms with E-state index in [4.69, 9.17) is 9.47 Å². The summed E-state index contributed by atoms with van der Waals surface area (Å²) in [7, 11) is -2.67. The van der Waals surface area contributed by atoms with Crippen LogP contribution in [0.3, 0.4) is 0 Å². The molecule has 0 saturated heterocycles. The largest absolute Gasteiger partial charge is 0.673 e. The van der Waals surface area contributed by atoms with Crippen LogP contribution in [-0.4, -0.2) is 26.6 Å². The average molecular weight is 378 g/mol. The number of nitrogens with zero attached hydrogens (tertiary/aromatic N) is 2. The Labute approximate surface area is 147 Å². The Morgan fingerprint density at radius 3 is 2.32 bits per heavy atom. The first kappa shape index (κ1) is 20.9. The molecule has 0 aliphatic rings. The summed E-state index contributed by atoms with van der Waals surface area (Å²) in [5.74, 6) is 1.64. The molecule has 0 saturated carbocycles. The maximum absolute atomic E-state index is 9.75. The molecule has 0 aliphatic carbocycles. The van der Waals surface area contributed by atoms with Crippen molar-refractivity contribution in [3.05, 3.63) is 33.8 Å². The summed E-state index contributed by atoms with van der Waals surface area (Å²) in [5.41, 5.74) is 0.987. The molecule has 0 amide bonds. The minimum absolute atomic E-state index is 0.814. The third-order valence-electron chi connectivity index (χ3n) is 2.91. The highest BCUT2D eigenvalue weighted by atomic mass is 32.1. The standard InChI is InChI=1S/C15H19N2O2S.BF4/c1-5-17-15(20-11(2)16-17)9-6-12-10-13(18-3)7-8-14(12)19-4;2-1(3,4)5/h6-10H,5H2,1-4H3;/q+1;-1/b9-6+;. The van der Waals surface area contributed by atoms with Crippen LogP contribution in [0.5, 0.6) is 11.5 Å². The summed E-state index contributed by atoms with van der Waals surface area (Å²) in [5, 5.41) is 6.63. The predicted octanol–water partition coefficient (Wildman–Crippen LogP) is 4.25. The fourth-order valence-electron chi connectivity index (χ4n) is 1.92. The van der Waals surface area contributed by atoms with Crippen molar-refractivity contribution in [2.24, 2.45) is 0 Å². The molecule has 2 rings (SSSR count). The van der Waals surface area contributed by atoms with E-state index in [-0.39, 0.29) is 0 Å². The van der Waals surface area contributed by atoms with Crippen LogP contribution in [0, 0.1) is 6.92 Å². The highest BCUT2D eigenvalue weighted by Gasteiger charge is 2.20. The number of aryl methyl sites for hydroxylation is 2. The van der Waals surface area contributed by atoms with Crippen LogP contribution >= 0.6 is 11.3 Å². The summed E-state index contributed by atoms with van der Waals surface area (Å²) < 4.78 is 51.6. The summed E-state index contributed by atoms with van der Waals surface area (Å²) in [6, 6.07) is 5.75. The van der Waals surface area contributed by atoms with Crippen LogP contribution < -0.4 is 14.2 Å². The molecule has 138 valence electrons. The topological polar surface area (TPSA) is 35.2 Å². The molecule has 0 unspecified atom stereocenters. The lowest BCUT2D eigenvalue weighted by Gasteiger charge is -2.06. The Morgan fingerprint density at radius 2 is 1.80 bits per heavy atom. The van der Waals surface area contributed by atoms with Crippen LogP contribution in [0.2, 0.25) is 0 Å². The van der Waals surface area contributed by atoms with E-state index in [2.05, 4.69) is 18.1 Å². The average Bonchev–Trinajstić information content (AvgIpc) is 2.91. The van der Waals surface area contributed by atoms with Crippen LogP contribution in [0.1, 0.15) is 22.5 Å². The molecule has 25 heavy (non-hydrogen) atoms. The first-order valence-corrected chi connectivity index (χ1v) is 8.14. The third-order valence-corrected chi connectivity index (χ3v) is 3.84. The number of rotatable bonds is 5. The molecule has 1 aromatic carbocycles. The Hall–Kier alpha value is -2.10. The van der Waals surface area contributed by atoms with Crippen molar-refractivity contribution in [3.8, 4) is 11.5 Å². The van der Waals surface area contributed by atoms with Gasteiger partial charge in [0.1, 0.15) is 11.5 Å². The SMILES string of the molecule is CC[n+]1nc(C)sc1/C=C/c1cc(OC)ccc1OC.F[B-](F)(F)F. The van der Waals surface area contributed by atoms with E-state index in [1.165, 1.54) is 0 Å². The van der Waals surface area contributed by atoms with Gasteiger partial charge in [0.15, 0.2) is 11.6 Å². The molecule has 0 spiro atoms. The van der Waals surface area contributed by atoms with Gasteiger partial charge in [-0.2, -0.15) is 0 Å². The normalized spacial score (nSPS) is 11.2. The molecule has 0 fully saturated rings. The molecule has 4 nitrogen and oxygen atoms in total. The van der Waals surface area contributed by atoms with Gasteiger partial charge in [-0.05, 0) is 49.5 Å². The van der Waals surface area contributed by atoms with Gasteiger partial charge in [0.2, 0.25) is 0 Å². The zero-order chi connectivity index (χ0) is 19.0. The van der Waals surface area contributed by atoms with Crippen molar-refractivity contribution >= 4 is 30.7 Å². The monoisotopic (exact) mass is 378 g/mol. The van der Waals surface area contributed by atoms with Gasteiger partial charge < -0.3 is 26.7 Å². The first-order chi connectivity index (χ1) is 11.7. The van der Waals surface area contributed by atoms with E-state index in [9.17, 15) is 17.3 Å². The Balaban J connectivity index is 0.000000550. The van der Waals surface area contributed by atoms with E-state index < -0.39 is 7.25 Å². The van der Waals surface area contributed by atoms with Crippen LogP contribution in [0.15, 0.2) is 18.2 Å². The van der Waals surface area contributed by atoms with Gasteiger partial charge in [0.25, 0.3) is 5.01 Å². The van der Waals surface area contributed by atoms with Crippen LogP contribution in [0.4, 0.5) is 17.3 Å². The van der Waals surface area contributed by atoms with Gasteiger partial charge in [-0.25, -0.2) is 0 Å². The van der Waals surface area contributed by atoms with E-state index >= 15 is 0 Å². The van der Waals surface area contributed by atoms with Gasteiger partial charge in [-0.15, -0.1) is 0 Å². The lowest BCUT2D eigenvalue weighted by Crippen LogP contribution is -2.36. The molecule has 0 N–H and O–H groups in total. The number of methoxy groups -OCH3 is 2. The van der Waals surface area contributed by atoms with E-state index in [0.717, 1.165) is 33.6 Å². The summed E-state index contributed by atoms with van der Waals surface area (Å²) in [6.07, 6.45) is 4.09. The zero-order valence-corrected chi connectivity index (χ0v) is 15.1. The molecule has 0 bridgehead atoms. The Bertz CT molecular complexity index is 714. The number of halogens is 4. The van der Waals surface area contributed by atoms with Gasteiger partial charge >= 0.3 is 7.25 Å². The zero-order valence-electron chi connectivity index (χ0n) is 14.3. The lowest BCUT2D eigenvalue weighted by molar-refractivity contribution is -0.747. The van der Waals surface area contributed by atoms with Crippen LogP contribution in [0.25, 0.3) is 12.2 Å². The number of hydrogen-bond donors (Lipinski definition) is 0. The maximum Gasteiger partial charge on any atom is 0.673 e. The fraction of sp³-hybridized carbons (Fsp3) is 0.333. The summed E-state index contributed by atoms with van der Waals surface area (Å²) >= 11 is 1.67. The van der Waals surface area contributed by atoms with Crippen molar-refractivity contribution in [1.82, 2.24) is 5.10 Å². The van der Waals surface area contributed by atoms with E-state index in [1.54, 1.807) is 25.6 Å². The highest BCUT2D eigenvalue weighted by molar-refractivity contribution is 7.11. The second-order valence-electron chi connectivity index (χ2n) is 4.71. The maximum atomic E-state index is 9.75. The first-order valence-electron chi connectivity index (χ1n) is 7.33. The minimum atomic E-state index is -6.00. The van der Waals surface area contributed by atoms with Crippen LogP contribution in [-0.2, 0) is 6.54 Å². The number of benzene rings is 1. The Morgan fingerprint density at radius 1 is 1.16 bits per heavy atom. The van der Waals surface area contributed by atoms with Gasteiger partial charge in [-0.1, -0.05) is 4.68 Å². The van der Waals surface area contributed by atoms with Crippen molar-refractivity contribution in [2.75, 3.05) is 14.2 Å². The molecule has 1 heterocycles. The van der Waals surface area contributed by atoms with Crippen molar-refractivity contribution < 1.29 is 31.4 Å². The van der Waals surface area contributed by atoms with Gasteiger partial charge in [0, 0.05) is 16.7 Å². The quantitative estimate of drug-likeness (QED) is 0.443. The minimum Gasteiger partial charge on any atom is -0.497 e. The van der Waals surface area contributed by atoms with E-state index in [1.807, 2.05) is 35.9 Å². The van der Waals surface area contributed by atoms with Gasteiger partial charge in [0.05, 0.1) is 14.2 Å². The van der Waals surface area contributed by atoms with Crippen molar-refractivity contribution in [3.63, 3.8) is 0 Å². The predicted molar refractivity (Wildman–Crippen MR) is 91.4 cm³/mol. The summed E-state index contributed by atoms with van der Waals surface area (Å²) in [6.45, 7) is 4.96. The van der Waals surface area contributed by atoms with E-state index in [0.29, 0.717) is 0 Å².